The van der Waals surface area contributed by atoms with Gasteiger partial charge in [-0.3, -0.25) is 4.79 Å². The van der Waals surface area contributed by atoms with E-state index in [-0.39, 0.29) is 6.42 Å². The number of halogens is 2. The lowest BCUT2D eigenvalue weighted by Crippen LogP contribution is -2.00. The molecule has 5 heteroatoms. The summed E-state index contributed by atoms with van der Waals surface area (Å²) in [5, 5.41) is 8.57. The van der Waals surface area contributed by atoms with Crippen molar-refractivity contribution >= 4 is 50.5 Å². The minimum absolute atomic E-state index is 0.0191. The molecule has 1 rings (SSSR count). The minimum Gasteiger partial charge on any atom is -0.481 e. The van der Waals surface area contributed by atoms with Crippen molar-refractivity contribution in [3.63, 3.8) is 0 Å². The lowest BCUT2D eigenvalue weighted by atomic mass is 10.2. The molecule has 0 radical (unpaired) electrons. The highest BCUT2D eigenvalue weighted by atomic mass is 79.9. The van der Waals surface area contributed by atoms with Gasteiger partial charge in [0.25, 0.3) is 0 Å². The van der Waals surface area contributed by atoms with Gasteiger partial charge in [-0.2, -0.15) is 0 Å². The summed E-state index contributed by atoms with van der Waals surface area (Å²) >= 11 is 10.8. The van der Waals surface area contributed by atoms with Gasteiger partial charge in [0.1, 0.15) is 0 Å². The van der Waals surface area contributed by atoms with Crippen molar-refractivity contribution < 1.29 is 9.90 Å². The van der Waals surface area contributed by atoms with Gasteiger partial charge in [-0.25, -0.2) is 0 Å². The van der Waals surface area contributed by atoms with E-state index in [9.17, 15) is 4.79 Å². The van der Waals surface area contributed by atoms with Crippen molar-refractivity contribution in [1.29, 1.82) is 0 Å². The third kappa shape index (κ3) is 3.00. The Labute approximate surface area is 98.0 Å². The molecule has 0 aromatic heterocycles. The van der Waals surface area contributed by atoms with Gasteiger partial charge in [0, 0.05) is 13.8 Å². The zero-order valence-electron chi connectivity index (χ0n) is 6.42. The van der Waals surface area contributed by atoms with Crippen molar-refractivity contribution in [1.82, 2.24) is 0 Å². The molecule has 0 aliphatic heterocycles. The maximum atomic E-state index is 10.4. The van der Waals surface area contributed by atoms with Gasteiger partial charge in [0.15, 0.2) is 0 Å². The topological polar surface area (TPSA) is 37.3 Å². The van der Waals surface area contributed by atoms with Crippen LogP contribution in [0.5, 0.6) is 0 Å². The summed E-state index contributed by atoms with van der Waals surface area (Å²) in [4.78, 5) is 11.2. The first kappa shape index (κ1) is 11.1. The number of carboxylic acids is 1. The molecule has 1 aromatic carbocycles. The predicted molar refractivity (Wildman–Crippen MR) is 60.4 cm³/mol. The fraction of sp³-hybridized carbons (Fsp3) is 0.125. The van der Waals surface area contributed by atoms with E-state index in [0.717, 1.165) is 19.4 Å². The van der Waals surface area contributed by atoms with E-state index in [1.54, 1.807) is 12.1 Å². The van der Waals surface area contributed by atoms with Gasteiger partial charge in [-0.1, -0.05) is 0 Å². The molecule has 1 aromatic rings. The van der Waals surface area contributed by atoms with Crippen LogP contribution >= 0.6 is 44.5 Å². The number of carboxylic acid groups (broad SMARTS) is 1. The van der Waals surface area contributed by atoms with Gasteiger partial charge >= 0.3 is 5.97 Å². The first-order valence-electron chi connectivity index (χ1n) is 3.39. The third-order valence-electron chi connectivity index (χ3n) is 1.43. The van der Waals surface area contributed by atoms with Crippen LogP contribution in [0.1, 0.15) is 5.56 Å². The number of rotatable bonds is 2. The van der Waals surface area contributed by atoms with Crippen LogP contribution in [0, 0.1) is 0 Å². The highest BCUT2D eigenvalue weighted by Gasteiger charge is 2.06. The quantitative estimate of drug-likeness (QED) is 0.820. The summed E-state index contributed by atoms with van der Waals surface area (Å²) in [6, 6.07) is 3.50. The van der Waals surface area contributed by atoms with Crippen LogP contribution in [0.4, 0.5) is 0 Å². The van der Waals surface area contributed by atoms with Crippen LogP contribution in [-0.2, 0) is 11.2 Å². The molecule has 0 heterocycles. The second-order valence-electron chi connectivity index (χ2n) is 2.48. The molecule has 0 bridgehead atoms. The summed E-state index contributed by atoms with van der Waals surface area (Å²) < 4.78 is 1.59. The Morgan fingerprint density at radius 1 is 1.38 bits per heavy atom. The molecule has 0 saturated carbocycles. The van der Waals surface area contributed by atoms with Crippen LogP contribution < -0.4 is 0 Å². The van der Waals surface area contributed by atoms with Crippen molar-refractivity contribution in [3.8, 4) is 0 Å². The van der Waals surface area contributed by atoms with E-state index in [0.29, 0.717) is 0 Å². The molecule has 1 N–H and O–H groups in total. The van der Waals surface area contributed by atoms with Crippen LogP contribution in [-0.4, -0.2) is 11.1 Å². The molecule has 70 valence electrons. The Balaban J connectivity index is 3.06. The van der Waals surface area contributed by atoms with Crippen molar-refractivity contribution in [2.75, 3.05) is 0 Å². The number of carbonyl (C=O) groups is 1. The molecule has 2 nitrogen and oxygen atoms in total. The Bertz CT molecular complexity index is 329. The number of benzene rings is 1. The Morgan fingerprint density at radius 2 is 1.85 bits per heavy atom. The molecule has 0 aliphatic rings. The smallest absolute Gasteiger partial charge is 0.307 e. The Hall–Kier alpha value is -0.000000000000000111. The van der Waals surface area contributed by atoms with E-state index in [1.807, 2.05) is 0 Å². The SMILES string of the molecule is O=C(O)Cc1cc(Br)c(S)c(Br)c1. The van der Waals surface area contributed by atoms with Crippen LogP contribution in [0.3, 0.4) is 0 Å². The largest absolute Gasteiger partial charge is 0.481 e. The monoisotopic (exact) mass is 324 g/mol. The van der Waals surface area contributed by atoms with E-state index in [1.165, 1.54) is 0 Å². The standard InChI is InChI=1S/C8H6Br2O2S/c9-5-1-4(3-7(11)12)2-6(10)8(5)13/h1-2,13H,3H2,(H,11,12). The highest BCUT2D eigenvalue weighted by Crippen LogP contribution is 2.30. The second kappa shape index (κ2) is 4.48. The molecule has 0 fully saturated rings. The van der Waals surface area contributed by atoms with E-state index < -0.39 is 5.97 Å². The Kier molecular flexibility index (Phi) is 3.82. The molecule has 0 atom stereocenters. The number of hydrogen-bond donors (Lipinski definition) is 2. The summed E-state index contributed by atoms with van der Waals surface area (Å²) in [5.41, 5.74) is 0.740. The summed E-state index contributed by atoms with van der Waals surface area (Å²) in [6.07, 6.45) is 0.0191. The van der Waals surface area contributed by atoms with E-state index in [2.05, 4.69) is 44.5 Å². The first-order valence-corrected chi connectivity index (χ1v) is 5.42. The van der Waals surface area contributed by atoms with Crippen molar-refractivity contribution in [2.24, 2.45) is 0 Å². The summed E-state index contributed by atoms with van der Waals surface area (Å²) in [5.74, 6) is -0.842. The zero-order valence-corrected chi connectivity index (χ0v) is 10.5. The van der Waals surface area contributed by atoms with Crippen LogP contribution in [0.2, 0.25) is 0 Å². The highest BCUT2D eigenvalue weighted by molar-refractivity contribution is 9.11. The minimum atomic E-state index is -0.842. The van der Waals surface area contributed by atoms with Gasteiger partial charge < -0.3 is 5.11 Å². The molecule has 13 heavy (non-hydrogen) atoms. The normalized spacial score (nSPS) is 10.1. The molecular weight excluding hydrogens is 320 g/mol. The lowest BCUT2D eigenvalue weighted by molar-refractivity contribution is -0.136. The number of thiol groups is 1. The summed E-state index contributed by atoms with van der Waals surface area (Å²) in [6.45, 7) is 0. The Morgan fingerprint density at radius 3 is 2.23 bits per heavy atom. The fourth-order valence-electron chi connectivity index (χ4n) is 0.895. The third-order valence-corrected chi connectivity index (χ3v) is 3.78. The molecule has 0 saturated heterocycles. The van der Waals surface area contributed by atoms with Gasteiger partial charge in [0.05, 0.1) is 6.42 Å². The van der Waals surface area contributed by atoms with Gasteiger partial charge in [0.2, 0.25) is 0 Å². The lowest BCUT2D eigenvalue weighted by Gasteiger charge is -2.03. The molecule has 0 amide bonds. The average Bonchev–Trinajstić information content (AvgIpc) is 1.98. The summed E-state index contributed by atoms with van der Waals surface area (Å²) in [7, 11) is 0. The van der Waals surface area contributed by atoms with Gasteiger partial charge in [-0.15, -0.1) is 12.6 Å². The molecular formula is C8H6Br2O2S. The maximum Gasteiger partial charge on any atom is 0.307 e. The van der Waals surface area contributed by atoms with Crippen molar-refractivity contribution in [3.05, 3.63) is 26.6 Å². The fourth-order valence-corrected chi connectivity index (χ4v) is 2.31. The number of aliphatic carboxylic acids is 1. The van der Waals surface area contributed by atoms with Crippen LogP contribution in [0.15, 0.2) is 26.0 Å². The first-order chi connectivity index (χ1) is 6.00. The van der Waals surface area contributed by atoms with Crippen molar-refractivity contribution in [2.45, 2.75) is 11.3 Å². The molecule has 0 aliphatic carbocycles. The van der Waals surface area contributed by atoms with Crippen LogP contribution in [0.25, 0.3) is 0 Å². The molecule has 0 unspecified atom stereocenters. The zero-order chi connectivity index (χ0) is 10.0. The predicted octanol–water partition coefficient (Wildman–Crippen LogP) is 3.13. The maximum absolute atomic E-state index is 10.4. The molecule has 0 spiro atoms. The van der Waals surface area contributed by atoms with Gasteiger partial charge in [-0.05, 0) is 49.6 Å². The van der Waals surface area contributed by atoms with E-state index in [4.69, 9.17) is 5.11 Å². The van der Waals surface area contributed by atoms with E-state index >= 15 is 0 Å². The average molecular weight is 326 g/mol. The second-order valence-corrected chi connectivity index (χ2v) is 4.63. The number of hydrogen-bond acceptors (Lipinski definition) is 2.